The van der Waals surface area contributed by atoms with Crippen LogP contribution in [-0.2, 0) is 0 Å². The molecule has 2 saturated carbocycles. The predicted octanol–water partition coefficient (Wildman–Crippen LogP) is 3.55. The highest BCUT2D eigenvalue weighted by Gasteiger charge is 2.33. The largest absolute Gasteiger partial charge is 0.377 e. The van der Waals surface area contributed by atoms with Crippen LogP contribution in [0.15, 0.2) is 18.2 Å². The van der Waals surface area contributed by atoms with Crippen LogP contribution in [0.1, 0.15) is 61.7 Å². The van der Waals surface area contributed by atoms with E-state index >= 15 is 0 Å². The van der Waals surface area contributed by atoms with Gasteiger partial charge in [0, 0.05) is 29.8 Å². The first kappa shape index (κ1) is 19.6. The molecule has 0 bridgehead atoms. The van der Waals surface area contributed by atoms with Crippen LogP contribution < -0.4 is 10.6 Å². The smallest absolute Gasteiger partial charge is 0.293 e. The van der Waals surface area contributed by atoms with Crippen molar-refractivity contribution in [3.05, 3.63) is 33.9 Å². The van der Waals surface area contributed by atoms with Gasteiger partial charge in [0.05, 0.1) is 4.92 Å². The van der Waals surface area contributed by atoms with Gasteiger partial charge in [-0.25, -0.2) is 0 Å². The summed E-state index contributed by atoms with van der Waals surface area (Å²) in [6.07, 6.45) is 9.01. The molecule has 0 atom stereocenters. The van der Waals surface area contributed by atoms with Crippen molar-refractivity contribution >= 4 is 17.3 Å². The van der Waals surface area contributed by atoms with Gasteiger partial charge in [0.2, 0.25) is 0 Å². The molecule has 0 unspecified atom stereocenters. The lowest BCUT2D eigenvalue weighted by Crippen LogP contribution is -2.52. The van der Waals surface area contributed by atoms with Crippen molar-refractivity contribution in [3.8, 4) is 0 Å². The summed E-state index contributed by atoms with van der Waals surface area (Å²) < 4.78 is 0. The number of hydrogen-bond acceptors (Lipinski definition) is 5. The third-order valence-corrected chi connectivity index (χ3v) is 5.95. The van der Waals surface area contributed by atoms with Gasteiger partial charge >= 0.3 is 0 Å². The maximum absolute atomic E-state index is 12.7. The standard InChI is InChI=1S/C20H30N4O3/c1-23(2)20(11-5-3-4-6-12-20)14-21-19(25)15-7-10-17(22-16-8-9-16)18(13-15)24(26)27/h7,10,13,16,22H,3-6,8-9,11-12,14H2,1-2H3,(H,21,25). The number of carbonyl (C=O) groups excluding carboxylic acids is 1. The van der Waals surface area contributed by atoms with Gasteiger partial charge in [-0.2, -0.15) is 0 Å². The second-order valence-corrected chi connectivity index (χ2v) is 8.12. The molecule has 0 saturated heterocycles. The van der Waals surface area contributed by atoms with E-state index in [0.717, 1.165) is 25.7 Å². The maximum Gasteiger partial charge on any atom is 0.293 e. The molecule has 0 aliphatic heterocycles. The Morgan fingerprint density at radius 2 is 1.89 bits per heavy atom. The van der Waals surface area contributed by atoms with Crippen LogP contribution in [0.25, 0.3) is 0 Å². The molecule has 3 rings (SSSR count). The van der Waals surface area contributed by atoms with Crippen molar-refractivity contribution in [2.24, 2.45) is 0 Å². The fraction of sp³-hybridized carbons (Fsp3) is 0.650. The van der Waals surface area contributed by atoms with E-state index in [-0.39, 0.29) is 17.1 Å². The van der Waals surface area contributed by atoms with Gasteiger partial charge in [-0.3, -0.25) is 14.9 Å². The molecule has 2 aliphatic carbocycles. The quantitative estimate of drug-likeness (QED) is 0.433. The fourth-order valence-electron chi connectivity index (χ4n) is 3.91. The Morgan fingerprint density at radius 3 is 2.44 bits per heavy atom. The summed E-state index contributed by atoms with van der Waals surface area (Å²) in [6.45, 7) is 0.564. The molecule has 0 heterocycles. The van der Waals surface area contributed by atoms with Gasteiger partial charge in [-0.15, -0.1) is 0 Å². The van der Waals surface area contributed by atoms with Gasteiger partial charge in [0.25, 0.3) is 11.6 Å². The van der Waals surface area contributed by atoms with Crippen molar-refractivity contribution in [3.63, 3.8) is 0 Å². The molecular formula is C20H30N4O3. The second-order valence-electron chi connectivity index (χ2n) is 8.12. The molecule has 1 amide bonds. The second kappa shape index (κ2) is 8.25. The van der Waals surface area contributed by atoms with Crippen LogP contribution in [0.2, 0.25) is 0 Å². The summed E-state index contributed by atoms with van der Waals surface area (Å²) in [5.74, 6) is -0.249. The van der Waals surface area contributed by atoms with Crippen molar-refractivity contribution in [2.45, 2.75) is 62.9 Å². The van der Waals surface area contributed by atoms with E-state index in [2.05, 4.69) is 29.6 Å². The number of carbonyl (C=O) groups is 1. The van der Waals surface area contributed by atoms with E-state index in [1.165, 1.54) is 31.7 Å². The first-order chi connectivity index (χ1) is 12.9. The molecule has 2 N–H and O–H groups in total. The van der Waals surface area contributed by atoms with Crippen LogP contribution in [0.5, 0.6) is 0 Å². The van der Waals surface area contributed by atoms with Gasteiger partial charge < -0.3 is 15.5 Å². The molecule has 7 heteroatoms. The molecular weight excluding hydrogens is 344 g/mol. The topological polar surface area (TPSA) is 87.5 Å². The van der Waals surface area contributed by atoms with Gasteiger partial charge in [0.15, 0.2) is 0 Å². The van der Waals surface area contributed by atoms with E-state index in [0.29, 0.717) is 23.8 Å². The molecule has 2 fully saturated rings. The van der Waals surface area contributed by atoms with Crippen molar-refractivity contribution in [1.82, 2.24) is 10.2 Å². The summed E-state index contributed by atoms with van der Waals surface area (Å²) >= 11 is 0. The number of rotatable bonds is 7. The highest BCUT2D eigenvalue weighted by molar-refractivity contribution is 5.95. The predicted molar refractivity (Wildman–Crippen MR) is 106 cm³/mol. The highest BCUT2D eigenvalue weighted by Crippen LogP contribution is 2.32. The molecule has 7 nitrogen and oxygen atoms in total. The Balaban J connectivity index is 1.71. The minimum atomic E-state index is -0.423. The Bertz CT molecular complexity index is 692. The lowest BCUT2D eigenvalue weighted by Gasteiger charge is -2.39. The van der Waals surface area contributed by atoms with Crippen molar-refractivity contribution in [2.75, 3.05) is 26.0 Å². The number of hydrogen-bond donors (Lipinski definition) is 2. The first-order valence-electron chi connectivity index (χ1n) is 9.92. The molecule has 1 aromatic rings. The van der Waals surface area contributed by atoms with E-state index in [9.17, 15) is 14.9 Å². The van der Waals surface area contributed by atoms with Crippen LogP contribution in [0.4, 0.5) is 11.4 Å². The van der Waals surface area contributed by atoms with E-state index < -0.39 is 4.92 Å². The number of nitro benzene ring substituents is 1. The normalized spacial score (nSPS) is 19.4. The molecule has 0 spiro atoms. The minimum absolute atomic E-state index is 0.0358. The summed E-state index contributed by atoms with van der Waals surface area (Å²) in [7, 11) is 4.14. The number of nitrogens with one attached hydrogen (secondary N) is 2. The number of nitrogens with zero attached hydrogens (tertiary/aromatic N) is 2. The summed E-state index contributed by atoms with van der Waals surface area (Å²) in [5, 5.41) is 17.6. The zero-order valence-corrected chi connectivity index (χ0v) is 16.3. The van der Waals surface area contributed by atoms with Gasteiger partial charge in [-0.1, -0.05) is 25.7 Å². The van der Waals surface area contributed by atoms with E-state index in [4.69, 9.17) is 0 Å². The number of amides is 1. The molecule has 0 aromatic heterocycles. The molecule has 148 valence electrons. The Hall–Kier alpha value is -2.15. The average molecular weight is 374 g/mol. The number of nitro groups is 1. The minimum Gasteiger partial charge on any atom is -0.377 e. The molecule has 1 aromatic carbocycles. The lowest BCUT2D eigenvalue weighted by atomic mass is 9.88. The number of benzene rings is 1. The molecule has 0 radical (unpaired) electrons. The lowest BCUT2D eigenvalue weighted by molar-refractivity contribution is -0.384. The number of anilines is 1. The van der Waals surface area contributed by atoms with Crippen LogP contribution in [0, 0.1) is 10.1 Å². The van der Waals surface area contributed by atoms with Crippen LogP contribution in [0.3, 0.4) is 0 Å². The Morgan fingerprint density at radius 1 is 1.22 bits per heavy atom. The highest BCUT2D eigenvalue weighted by atomic mass is 16.6. The SMILES string of the molecule is CN(C)C1(CNC(=O)c2ccc(NC3CC3)c([N+](=O)[O-])c2)CCCCCC1. The first-order valence-corrected chi connectivity index (χ1v) is 9.92. The average Bonchev–Trinajstić information content (AvgIpc) is 3.47. The van der Waals surface area contributed by atoms with Gasteiger partial charge in [0.1, 0.15) is 5.69 Å². The van der Waals surface area contributed by atoms with Gasteiger partial charge in [-0.05, 0) is 51.9 Å². The summed E-state index contributed by atoms with van der Waals surface area (Å²) in [5.41, 5.74) is 0.760. The third kappa shape index (κ3) is 4.77. The number of likely N-dealkylation sites (N-methyl/N-ethyl adjacent to an activating group) is 1. The monoisotopic (exact) mass is 374 g/mol. The van der Waals surface area contributed by atoms with Crippen molar-refractivity contribution in [1.29, 1.82) is 0 Å². The zero-order valence-electron chi connectivity index (χ0n) is 16.3. The van der Waals surface area contributed by atoms with Crippen molar-refractivity contribution < 1.29 is 9.72 Å². The maximum atomic E-state index is 12.7. The Labute approximate surface area is 160 Å². The van der Waals surface area contributed by atoms with Crippen LogP contribution in [-0.4, -0.2) is 48.0 Å². The summed E-state index contributed by atoms with van der Waals surface area (Å²) in [6, 6.07) is 5.02. The van der Waals surface area contributed by atoms with E-state index in [1.807, 2.05) is 0 Å². The van der Waals surface area contributed by atoms with Crippen LogP contribution >= 0.6 is 0 Å². The third-order valence-electron chi connectivity index (χ3n) is 5.95. The molecule has 2 aliphatic rings. The Kier molecular flexibility index (Phi) is 5.99. The fourth-order valence-corrected chi connectivity index (χ4v) is 3.91. The zero-order chi connectivity index (χ0) is 19.4. The molecule has 27 heavy (non-hydrogen) atoms. The summed E-state index contributed by atoms with van der Waals surface area (Å²) in [4.78, 5) is 25.9. The van der Waals surface area contributed by atoms with E-state index in [1.54, 1.807) is 12.1 Å².